The minimum absolute atomic E-state index is 0.239. The van der Waals surface area contributed by atoms with Crippen molar-refractivity contribution in [1.82, 2.24) is 10.6 Å². The number of para-hydroxylation sites is 1. The van der Waals surface area contributed by atoms with Gasteiger partial charge in [-0.3, -0.25) is 4.79 Å². The average Bonchev–Trinajstić information content (AvgIpc) is 2.56. The zero-order valence-electron chi connectivity index (χ0n) is 14.9. The Morgan fingerprint density at radius 1 is 1.00 bits per heavy atom. The molecule has 0 saturated carbocycles. The summed E-state index contributed by atoms with van der Waals surface area (Å²) in [4.78, 5) is 22.0. The smallest absolute Gasteiger partial charge is 0.325 e. The number of aldehydes is 1. The Hall–Kier alpha value is -1.72. The molecule has 0 spiro atoms. The molecule has 0 amide bonds. The number of esters is 1. The van der Waals surface area contributed by atoms with Crippen LogP contribution in [-0.4, -0.2) is 38.4 Å². The van der Waals surface area contributed by atoms with Crippen molar-refractivity contribution in [2.24, 2.45) is 0 Å². The minimum Gasteiger partial charge on any atom is -0.425 e. The number of rotatable bonds is 13. The second-order valence-electron chi connectivity index (χ2n) is 6.01. The molecule has 0 aromatic heterocycles. The third-order valence-electron chi connectivity index (χ3n) is 3.83. The number of hydrogen-bond donors (Lipinski definition) is 2. The van der Waals surface area contributed by atoms with E-state index in [1.54, 1.807) is 0 Å². The predicted molar refractivity (Wildman–Crippen MR) is 96.4 cm³/mol. The van der Waals surface area contributed by atoms with Gasteiger partial charge >= 0.3 is 5.97 Å². The van der Waals surface area contributed by atoms with Crippen LogP contribution in [0.15, 0.2) is 18.2 Å². The first kappa shape index (κ1) is 20.3. The van der Waals surface area contributed by atoms with Gasteiger partial charge in [-0.25, -0.2) is 0 Å². The molecule has 0 unspecified atom stereocenters. The van der Waals surface area contributed by atoms with Gasteiger partial charge in [0.15, 0.2) is 0 Å². The molecule has 0 aliphatic carbocycles. The van der Waals surface area contributed by atoms with Gasteiger partial charge in [-0.15, -0.1) is 0 Å². The van der Waals surface area contributed by atoms with Crippen molar-refractivity contribution >= 4 is 12.3 Å². The first-order chi connectivity index (χ1) is 11.6. The number of carbonyl (C=O) groups excluding carboxylic acids is 2. The molecule has 1 rings (SSSR count). The Morgan fingerprint density at radius 3 is 2.21 bits per heavy atom. The van der Waals surface area contributed by atoms with E-state index >= 15 is 0 Å². The summed E-state index contributed by atoms with van der Waals surface area (Å²) in [5.74, 6) is 0.432. The van der Waals surface area contributed by atoms with Crippen LogP contribution in [0.4, 0.5) is 0 Å². The van der Waals surface area contributed by atoms with Gasteiger partial charge in [0.25, 0.3) is 0 Å². The summed E-state index contributed by atoms with van der Waals surface area (Å²) in [6.07, 6.45) is 6.53. The van der Waals surface area contributed by atoms with Crippen molar-refractivity contribution in [1.29, 1.82) is 0 Å². The summed E-state index contributed by atoms with van der Waals surface area (Å²) < 4.78 is 5.43. The van der Waals surface area contributed by atoms with E-state index < -0.39 is 0 Å². The molecular weight excluding hydrogens is 304 g/mol. The highest BCUT2D eigenvalue weighted by Crippen LogP contribution is 2.22. The first-order valence-electron chi connectivity index (χ1n) is 8.77. The van der Waals surface area contributed by atoms with Crippen LogP contribution in [0.5, 0.6) is 5.75 Å². The number of ether oxygens (including phenoxy) is 1. The third-order valence-corrected chi connectivity index (χ3v) is 3.83. The zero-order chi connectivity index (χ0) is 17.6. The van der Waals surface area contributed by atoms with E-state index in [-0.39, 0.29) is 12.5 Å². The number of unbranched alkanes of at least 4 members (excludes halogenated alkanes) is 4. The van der Waals surface area contributed by atoms with E-state index in [0.29, 0.717) is 12.3 Å². The van der Waals surface area contributed by atoms with Gasteiger partial charge in [-0.2, -0.15) is 0 Å². The molecule has 0 fully saturated rings. The standard InChI is InChI=1S/C19H30N2O3/c1-16-9-8-10-17(2)19(16)24-18(23)15-21-12-7-5-3-4-6-11-20-13-14-22/h8-10,14,20-21H,3-7,11-13,15H2,1-2H3. The largest absolute Gasteiger partial charge is 0.425 e. The van der Waals surface area contributed by atoms with Gasteiger partial charge in [0, 0.05) is 0 Å². The molecule has 0 bridgehead atoms. The van der Waals surface area contributed by atoms with Crippen LogP contribution in [0, 0.1) is 13.8 Å². The number of nitrogens with one attached hydrogen (secondary N) is 2. The lowest BCUT2D eigenvalue weighted by atomic mass is 10.1. The second-order valence-corrected chi connectivity index (χ2v) is 6.01. The van der Waals surface area contributed by atoms with E-state index in [1.165, 1.54) is 12.8 Å². The lowest BCUT2D eigenvalue weighted by molar-refractivity contribution is -0.133. The number of benzene rings is 1. The summed E-state index contributed by atoms with van der Waals surface area (Å²) >= 11 is 0. The third kappa shape index (κ3) is 8.79. The van der Waals surface area contributed by atoms with Crippen LogP contribution in [0.2, 0.25) is 0 Å². The molecule has 2 N–H and O–H groups in total. The molecule has 24 heavy (non-hydrogen) atoms. The van der Waals surface area contributed by atoms with Crippen molar-refractivity contribution < 1.29 is 14.3 Å². The monoisotopic (exact) mass is 334 g/mol. The average molecular weight is 334 g/mol. The maximum Gasteiger partial charge on any atom is 0.325 e. The van der Waals surface area contributed by atoms with Gasteiger partial charge in [-0.05, 0) is 50.9 Å². The molecular formula is C19H30N2O3. The van der Waals surface area contributed by atoms with Crippen LogP contribution < -0.4 is 15.4 Å². The molecule has 0 heterocycles. The topological polar surface area (TPSA) is 67.4 Å². The molecule has 1 aromatic rings. The maximum atomic E-state index is 11.9. The lowest BCUT2D eigenvalue weighted by Crippen LogP contribution is -2.27. The minimum atomic E-state index is -0.242. The number of aryl methyl sites for hydroxylation is 2. The van der Waals surface area contributed by atoms with E-state index in [2.05, 4.69) is 10.6 Å². The highest BCUT2D eigenvalue weighted by atomic mass is 16.5. The molecule has 0 aliphatic heterocycles. The Kier molecular flexibility index (Phi) is 10.7. The van der Waals surface area contributed by atoms with Crippen LogP contribution >= 0.6 is 0 Å². The van der Waals surface area contributed by atoms with Gasteiger partial charge in [0.2, 0.25) is 0 Å². The quantitative estimate of drug-likeness (QED) is 0.251. The Labute approximate surface area is 145 Å². The second kappa shape index (κ2) is 12.7. The molecule has 1 aromatic carbocycles. The molecule has 134 valence electrons. The van der Waals surface area contributed by atoms with Crippen LogP contribution in [0.3, 0.4) is 0 Å². The van der Waals surface area contributed by atoms with Crippen LogP contribution in [-0.2, 0) is 9.59 Å². The zero-order valence-corrected chi connectivity index (χ0v) is 14.9. The Balaban J connectivity index is 2.01. The van der Waals surface area contributed by atoms with Crippen molar-refractivity contribution in [3.05, 3.63) is 29.3 Å². The van der Waals surface area contributed by atoms with Crippen molar-refractivity contribution in [3.8, 4) is 5.75 Å². The molecule has 0 saturated heterocycles. The summed E-state index contributed by atoms with van der Waals surface area (Å²) in [6.45, 7) is 6.30. The molecule has 5 heteroatoms. The maximum absolute atomic E-state index is 11.9. The van der Waals surface area contributed by atoms with Gasteiger partial charge < -0.3 is 20.2 Å². The predicted octanol–water partition coefficient (Wildman–Crippen LogP) is 2.54. The first-order valence-corrected chi connectivity index (χ1v) is 8.77. The summed E-state index contributed by atoms with van der Waals surface area (Å²) in [6, 6.07) is 5.84. The van der Waals surface area contributed by atoms with E-state index in [4.69, 9.17) is 4.74 Å². The van der Waals surface area contributed by atoms with Crippen LogP contribution in [0.25, 0.3) is 0 Å². The fourth-order valence-corrected chi connectivity index (χ4v) is 2.49. The fourth-order valence-electron chi connectivity index (χ4n) is 2.49. The van der Waals surface area contributed by atoms with E-state index in [9.17, 15) is 9.59 Å². The van der Waals surface area contributed by atoms with Crippen molar-refractivity contribution in [2.45, 2.75) is 46.0 Å². The van der Waals surface area contributed by atoms with Crippen molar-refractivity contribution in [2.75, 3.05) is 26.2 Å². The Bertz CT molecular complexity index is 483. The Morgan fingerprint density at radius 2 is 1.58 bits per heavy atom. The molecule has 0 atom stereocenters. The highest BCUT2D eigenvalue weighted by Gasteiger charge is 2.09. The SMILES string of the molecule is Cc1cccc(C)c1OC(=O)CNCCCCCCCNCC=O. The number of hydrogen-bond acceptors (Lipinski definition) is 5. The van der Waals surface area contributed by atoms with Gasteiger partial charge in [0.05, 0.1) is 13.1 Å². The van der Waals surface area contributed by atoms with E-state index in [1.807, 2.05) is 32.0 Å². The van der Waals surface area contributed by atoms with Gasteiger partial charge in [-0.1, -0.05) is 37.5 Å². The summed E-state index contributed by atoms with van der Waals surface area (Å²) in [5.41, 5.74) is 1.96. The molecule has 5 nitrogen and oxygen atoms in total. The highest BCUT2D eigenvalue weighted by molar-refractivity contribution is 5.75. The summed E-state index contributed by atoms with van der Waals surface area (Å²) in [5, 5.41) is 6.19. The van der Waals surface area contributed by atoms with Gasteiger partial charge in [0.1, 0.15) is 12.0 Å². The molecule has 0 radical (unpaired) electrons. The van der Waals surface area contributed by atoms with E-state index in [0.717, 1.165) is 49.8 Å². The van der Waals surface area contributed by atoms with Crippen molar-refractivity contribution in [3.63, 3.8) is 0 Å². The summed E-state index contributed by atoms with van der Waals surface area (Å²) in [7, 11) is 0. The number of carbonyl (C=O) groups is 2. The lowest BCUT2D eigenvalue weighted by Gasteiger charge is -2.10. The van der Waals surface area contributed by atoms with Crippen LogP contribution in [0.1, 0.15) is 43.2 Å². The fraction of sp³-hybridized carbons (Fsp3) is 0.579. The normalized spacial score (nSPS) is 10.6. The molecule has 0 aliphatic rings.